The molecule has 0 unspecified atom stereocenters. The summed E-state index contributed by atoms with van der Waals surface area (Å²) >= 11 is 8.37. The number of hydrogen-bond donors (Lipinski definition) is 0. The number of benzene rings is 1. The van der Waals surface area contributed by atoms with Crippen LogP contribution >= 0.6 is 43.2 Å². The lowest BCUT2D eigenvalue weighted by atomic mass is 10.1. The fourth-order valence-corrected chi connectivity index (χ4v) is 3.69. The van der Waals surface area contributed by atoms with Gasteiger partial charge in [-0.1, -0.05) is 15.9 Å². The summed E-state index contributed by atoms with van der Waals surface area (Å²) in [6.45, 7) is 3.98. The highest BCUT2D eigenvalue weighted by molar-refractivity contribution is 9.10. The molecule has 0 aliphatic rings. The molecule has 17 heavy (non-hydrogen) atoms. The second kappa shape index (κ2) is 5.04. The standard InChI is InChI=1S/C13H10Br2OS/c1-7-3-9(5-10(14)4-7)13(16)12-6-11(15)8(2)17-12/h3-6H,1-2H3. The van der Waals surface area contributed by atoms with E-state index in [1.807, 2.05) is 38.1 Å². The van der Waals surface area contributed by atoms with Gasteiger partial charge in [0, 0.05) is 19.4 Å². The van der Waals surface area contributed by atoms with Gasteiger partial charge in [-0.05, 0) is 59.6 Å². The van der Waals surface area contributed by atoms with E-state index in [9.17, 15) is 4.79 Å². The SMILES string of the molecule is Cc1cc(Br)cc(C(=O)c2cc(Br)c(C)s2)c1. The van der Waals surface area contributed by atoms with E-state index in [-0.39, 0.29) is 5.78 Å². The second-order valence-corrected chi connectivity index (χ2v) is 6.89. The third kappa shape index (κ3) is 2.87. The third-order valence-electron chi connectivity index (χ3n) is 2.39. The molecule has 88 valence electrons. The topological polar surface area (TPSA) is 17.1 Å². The molecule has 0 bridgehead atoms. The highest BCUT2D eigenvalue weighted by atomic mass is 79.9. The van der Waals surface area contributed by atoms with Crippen molar-refractivity contribution in [2.45, 2.75) is 13.8 Å². The molecule has 4 heteroatoms. The monoisotopic (exact) mass is 372 g/mol. The molecule has 2 aromatic rings. The first-order valence-electron chi connectivity index (χ1n) is 5.05. The molecule has 0 aliphatic carbocycles. The maximum absolute atomic E-state index is 12.3. The van der Waals surface area contributed by atoms with Crippen LogP contribution in [-0.2, 0) is 0 Å². The van der Waals surface area contributed by atoms with Gasteiger partial charge in [-0.15, -0.1) is 11.3 Å². The highest BCUT2D eigenvalue weighted by Crippen LogP contribution is 2.28. The van der Waals surface area contributed by atoms with Crippen molar-refractivity contribution in [2.75, 3.05) is 0 Å². The Morgan fingerprint density at radius 2 is 1.82 bits per heavy atom. The van der Waals surface area contributed by atoms with Crippen LogP contribution in [0.1, 0.15) is 25.7 Å². The van der Waals surface area contributed by atoms with Crippen LogP contribution in [0, 0.1) is 13.8 Å². The first-order valence-corrected chi connectivity index (χ1v) is 7.45. The van der Waals surface area contributed by atoms with E-state index in [1.54, 1.807) is 0 Å². The Bertz CT molecular complexity index is 547. The smallest absolute Gasteiger partial charge is 0.203 e. The molecular weight excluding hydrogens is 364 g/mol. The zero-order valence-electron chi connectivity index (χ0n) is 9.38. The van der Waals surface area contributed by atoms with Crippen molar-refractivity contribution in [1.82, 2.24) is 0 Å². The van der Waals surface area contributed by atoms with Crippen LogP contribution in [0.25, 0.3) is 0 Å². The molecule has 0 radical (unpaired) electrons. The van der Waals surface area contributed by atoms with Crippen LogP contribution in [0.4, 0.5) is 0 Å². The summed E-state index contributed by atoms with van der Waals surface area (Å²) < 4.78 is 1.94. The minimum absolute atomic E-state index is 0.0770. The molecule has 0 amide bonds. The number of aryl methyl sites for hydroxylation is 2. The van der Waals surface area contributed by atoms with Gasteiger partial charge >= 0.3 is 0 Å². The summed E-state index contributed by atoms with van der Waals surface area (Å²) in [5.41, 5.74) is 1.81. The highest BCUT2D eigenvalue weighted by Gasteiger charge is 2.14. The lowest BCUT2D eigenvalue weighted by Gasteiger charge is -2.01. The Balaban J connectivity index is 2.43. The van der Waals surface area contributed by atoms with Crippen molar-refractivity contribution >= 4 is 49.0 Å². The molecule has 1 aromatic carbocycles. The fourth-order valence-electron chi connectivity index (χ4n) is 1.58. The van der Waals surface area contributed by atoms with Crippen molar-refractivity contribution in [3.63, 3.8) is 0 Å². The van der Waals surface area contributed by atoms with Crippen LogP contribution in [0.2, 0.25) is 0 Å². The zero-order chi connectivity index (χ0) is 12.6. The second-order valence-electron chi connectivity index (χ2n) is 3.86. The average molecular weight is 374 g/mol. The third-order valence-corrected chi connectivity index (χ3v) is 4.98. The van der Waals surface area contributed by atoms with Crippen LogP contribution < -0.4 is 0 Å². The van der Waals surface area contributed by atoms with E-state index < -0.39 is 0 Å². The Hall–Kier alpha value is -0.450. The van der Waals surface area contributed by atoms with E-state index in [2.05, 4.69) is 31.9 Å². The van der Waals surface area contributed by atoms with Crippen LogP contribution in [0.5, 0.6) is 0 Å². The maximum Gasteiger partial charge on any atom is 0.203 e. The van der Waals surface area contributed by atoms with Crippen LogP contribution in [0.15, 0.2) is 33.2 Å². The largest absolute Gasteiger partial charge is 0.288 e. The number of halogens is 2. The van der Waals surface area contributed by atoms with Gasteiger partial charge in [0.1, 0.15) is 0 Å². The predicted molar refractivity (Wildman–Crippen MR) is 79.1 cm³/mol. The van der Waals surface area contributed by atoms with E-state index in [1.165, 1.54) is 11.3 Å². The number of hydrogen-bond acceptors (Lipinski definition) is 2. The Kier molecular flexibility index (Phi) is 3.85. The molecule has 0 aliphatic heterocycles. The van der Waals surface area contributed by atoms with Gasteiger partial charge in [-0.25, -0.2) is 0 Å². The molecule has 1 nitrogen and oxygen atoms in total. The van der Waals surface area contributed by atoms with E-state index in [4.69, 9.17) is 0 Å². The number of ketones is 1. The van der Waals surface area contributed by atoms with Crippen molar-refractivity contribution in [3.8, 4) is 0 Å². The van der Waals surface area contributed by atoms with Gasteiger partial charge in [0.15, 0.2) is 0 Å². The first kappa shape index (κ1) is 13.0. The van der Waals surface area contributed by atoms with Crippen molar-refractivity contribution in [1.29, 1.82) is 0 Å². The maximum atomic E-state index is 12.3. The number of carbonyl (C=O) groups excluding carboxylic acids is 1. The molecule has 0 saturated heterocycles. The molecule has 0 fully saturated rings. The molecule has 0 saturated carbocycles. The minimum Gasteiger partial charge on any atom is -0.288 e. The Morgan fingerprint density at radius 3 is 2.35 bits per heavy atom. The molecular formula is C13H10Br2OS. The molecule has 1 heterocycles. The fraction of sp³-hybridized carbons (Fsp3) is 0.154. The summed E-state index contributed by atoms with van der Waals surface area (Å²) in [7, 11) is 0. The molecule has 0 atom stereocenters. The number of thiophene rings is 1. The van der Waals surface area contributed by atoms with Crippen LogP contribution in [0.3, 0.4) is 0 Å². The first-order chi connectivity index (χ1) is 7.97. The van der Waals surface area contributed by atoms with E-state index in [0.717, 1.165) is 29.8 Å². The van der Waals surface area contributed by atoms with Crippen molar-refractivity contribution < 1.29 is 4.79 Å². The minimum atomic E-state index is 0.0770. The number of carbonyl (C=O) groups is 1. The van der Waals surface area contributed by atoms with Gasteiger partial charge in [-0.3, -0.25) is 4.79 Å². The Labute approximate surface area is 121 Å². The average Bonchev–Trinajstić information content (AvgIpc) is 2.57. The van der Waals surface area contributed by atoms with Crippen molar-refractivity contribution in [3.05, 3.63) is 54.1 Å². The van der Waals surface area contributed by atoms with Gasteiger partial charge < -0.3 is 0 Å². The van der Waals surface area contributed by atoms with Gasteiger partial charge in [0.05, 0.1) is 4.88 Å². The van der Waals surface area contributed by atoms with Gasteiger partial charge in [-0.2, -0.15) is 0 Å². The van der Waals surface area contributed by atoms with Gasteiger partial charge in [0.2, 0.25) is 5.78 Å². The van der Waals surface area contributed by atoms with Crippen LogP contribution in [-0.4, -0.2) is 5.78 Å². The summed E-state index contributed by atoms with van der Waals surface area (Å²) in [6.07, 6.45) is 0. The summed E-state index contributed by atoms with van der Waals surface area (Å²) in [5, 5.41) is 0. The zero-order valence-corrected chi connectivity index (χ0v) is 13.4. The lowest BCUT2D eigenvalue weighted by Crippen LogP contribution is -1.98. The molecule has 1 aromatic heterocycles. The summed E-state index contributed by atoms with van der Waals surface area (Å²) in [4.78, 5) is 14.2. The predicted octanol–water partition coefficient (Wildman–Crippen LogP) is 5.12. The quantitative estimate of drug-likeness (QED) is 0.667. The number of rotatable bonds is 2. The lowest BCUT2D eigenvalue weighted by molar-refractivity contribution is 0.104. The van der Waals surface area contributed by atoms with E-state index >= 15 is 0 Å². The normalized spacial score (nSPS) is 10.6. The molecule has 2 rings (SSSR count). The van der Waals surface area contributed by atoms with Gasteiger partial charge in [0.25, 0.3) is 0 Å². The summed E-state index contributed by atoms with van der Waals surface area (Å²) in [5.74, 6) is 0.0770. The van der Waals surface area contributed by atoms with Crippen molar-refractivity contribution in [2.24, 2.45) is 0 Å². The summed E-state index contributed by atoms with van der Waals surface area (Å²) in [6, 6.07) is 7.65. The Morgan fingerprint density at radius 1 is 1.12 bits per heavy atom. The molecule has 0 spiro atoms. The molecule has 0 N–H and O–H groups in total. The van der Waals surface area contributed by atoms with E-state index in [0.29, 0.717) is 0 Å².